The summed E-state index contributed by atoms with van der Waals surface area (Å²) in [7, 11) is 1.96. The van der Waals surface area contributed by atoms with Gasteiger partial charge in [-0.3, -0.25) is 4.79 Å². The van der Waals surface area contributed by atoms with Gasteiger partial charge >= 0.3 is 0 Å². The molecule has 2 rings (SSSR count). The molecule has 0 aliphatic carbocycles. The average Bonchev–Trinajstić information content (AvgIpc) is 2.81. The summed E-state index contributed by atoms with van der Waals surface area (Å²) in [6.45, 7) is 1.73. The maximum atomic E-state index is 12.0. The summed E-state index contributed by atoms with van der Waals surface area (Å²) in [5.41, 5.74) is 0.830. The van der Waals surface area contributed by atoms with Gasteiger partial charge in [-0.25, -0.2) is 0 Å². The van der Waals surface area contributed by atoms with Gasteiger partial charge in [0.2, 0.25) is 0 Å². The molecule has 0 bridgehead atoms. The van der Waals surface area contributed by atoms with Crippen LogP contribution >= 0.6 is 11.3 Å². The molecule has 15 heavy (non-hydrogen) atoms. The third kappa shape index (κ3) is 2.38. The van der Waals surface area contributed by atoms with E-state index < -0.39 is 0 Å². The second-order valence-electron chi connectivity index (χ2n) is 3.89. The van der Waals surface area contributed by atoms with Crippen molar-refractivity contribution in [1.29, 1.82) is 0 Å². The topological polar surface area (TPSA) is 32.3 Å². The van der Waals surface area contributed by atoms with E-state index in [1.165, 1.54) is 6.42 Å². The number of thiophene rings is 1. The number of nitrogens with one attached hydrogen (secondary N) is 1. The highest BCUT2D eigenvalue weighted by atomic mass is 32.1. The molecule has 0 radical (unpaired) electrons. The molecular formula is C11H16N2OS. The lowest BCUT2D eigenvalue weighted by atomic mass is 10.1. The van der Waals surface area contributed by atoms with Crippen molar-refractivity contribution in [2.75, 3.05) is 20.1 Å². The van der Waals surface area contributed by atoms with E-state index in [0.717, 1.165) is 25.1 Å². The first kappa shape index (κ1) is 10.6. The van der Waals surface area contributed by atoms with Crippen LogP contribution in [0.2, 0.25) is 0 Å². The van der Waals surface area contributed by atoms with E-state index in [2.05, 4.69) is 5.32 Å². The van der Waals surface area contributed by atoms with Crippen molar-refractivity contribution in [3.8, 4) is 0 Å². The molecule has 1 saturated heterocycles. The lowest BCUT2D eigenvalue weighted by molar-refractivity contribution is 0.0699. The molecule has 0 spiro atoms. The largest absolute Gasteiger partial charge is 0.337 e. The Morgan fingerprint density at radius 3 is 3.20 bits per heavy atom. The minimum atomic E-state index is 0.177. The summed E-state index contributed by atoms with van der Waals surface area (Å²) in [4.78, 5) is 14.0. The minimum absolute atomic E-state index is 0.177. The van der Waals surface area contributed by atoms with Crippen molar-refractivity contribution < 1.29 is 4.79 Å². The molecule has 1 aliphatic rings. The van der Waals surface area contributed by atoms with Crippen LogP contribution in [0.3, 0.4) is 0 Å². The zero-order chi connectivity index (χ0) is 10.7. The zero-order valence-corrected chi connectivity index (χ0v) is 9.72. The fourth-order valence-electron chi connectivity index (χ4n) is 1.97. The number of carbonyl (C=O) groups is 1. The molecule has 2 heterocycles. The van der Waals surface area contributed by atoms with Crippen molar-refractivity contribution in [3.63, 3.8) is 0 Å². The number of amides is 1. The van der Waals surface area contributed by atoms with Crippen LogP contribution in [0.5, 0.6) is 0 Å². The number of rotatable bonds is 2. The number of likely N-dealkylation sites (N-methyl/N-ethyl adjacent to an activating group) is 1. The van der Waals surface area contributed by atoms with Crippen LogP contribution < -0.4 is 5.32 Å². The molecule has 82 valence electrons. The fraction of sp³-hybridized carbons (Fsp3) is 0.545. The molecule has 1 atom stereocenters. The maximum absolute atomic E-state index is 12.0. The number of carbonyl (C=O) groups excluding carboxylic acids is 1. The van der Waals surface area contributed by atoms with Crippen LogP contribution in [-0.2, 0) is 0 Å². The van der Waals surface area contributed by atoms with Crippen LogP contribution in [0.1, 0.15) is 23.2 Å². The number of nitrogens with zero attached hydrogens (tertiary/aromatic N) is 1. The van der Waals surface area contributed by atoms with Crippen molar-refractivity contribution in [1.82, 2.24) is 10.2 Å². The Morgan fingerprint density at radius 1 is 1.67 bits per heavy atom. The monoisotopic (exact) mass is 224 g/mol. The number of hydrogen-bond donors (Lipinski definition) is 1. The smallest absolute Gasteiger partial charge is 0.254 e. The Bertz CT molecular complexity index is 323. The van der Waals surface area contributed by atoms with Gasteiger partial charge in [0.05, 0.1) is 5.56 Å². The van der Waals surface area contributed by atoms with Gasteiger partial charge in [0, 0.05) is 24.5 Å². The molecule has 1 aliphatic heterocycles. The van der Waals surface area contributed by atoms with Crippen LogP contribution in [0, 0.1) is 0 Å². The Hall–Kier alpha value is -0.870. The lowest BCUT2D eigenvalue weighted by Gasteiger charge is -2.32. The Balaban J connectivity index is 2.01. The summed E-state index contributed by atoms with van der Waals surface area (Å²) in [6.07, 6.45) is 2.27. The van der Waals surface area contributed by atoms with Gasteiger partial charge in [0.1, 0.15) is 0 Å². The Labute approximate surface area is 94.1 Å². The SMILES string of the molecule is CN[C@H]1CCCN(C(=O)c2ccsc2)C1. The quantitative estimate of drug-likeness (QED) is 0.827. The summed E-state index contributed by atoms with van der Waals surface area (Å²) < 4.78 is 0. The summed E-state index contributed by atoms with van der Waals surface area (Å²) in [5, 5.41) is 7.12. The first-order valence-electron chi connectivity index (χ1n) is 5.30. The third-order valence-corrected chi connectivity index (χ3v) is 3.57. The molecule has 1 amide bonds. The summed E-state index contributed by atoms with van der Waals surface area (Å²) in [6, 6.07) is 2.36. The molecule has 1 aromatic heterocycles. The van der Waals surface area contributed by atoms with Gasteiger partial charge < -0.3 is 10.2 Å². The standard InChI is InChI=1S/C11H16N2OS/c1-12-10-3-2-5-13(7-10)11(14)9-4-6-15-8-9/h4,6,8,10,12H,2-3,5,7H2,1H3/t10-/m0/s1. The summed E-state index contributed by atoms with van der Waals surface area (Å²) in [5.74, 6) is 0.177. The highest BCUT2D eigenvalue weighted by Gasteiger charge is 2.23. The molecule has 1 N–H and O–H groups in total. The van der Waals surface area contributed by atoms with E-state index in [1.54, 1.807) is 11.3 Å². The van der Waals surface area contributed by atoms with Gasteiger partial charge in [-0.1, -0.05) is 0 Å². The highest BCUT2D eigenvalue weighted by Crippen LogP contribution is 2.15. The van der Waals surface area contributed by atoms with Crippen molar-refractivity contribution >= 4 is 17.2 Å². The van der Waals surface area contributed by atoms with Gasteiger partial charge in [-0.05, 0) is 31.3 Å². The fourth-order valence-corrected chi connectivity index (χ4v) is 2.60. The van der Waals surface area contributed by atoms with E-state index >= 15 is 0 Å². The molecule has 3 nitrogen and oxygen atoms in total. The highest BCUT2D eigenvalue weighted by molar-refractivity contribution is 7.08. The van der Waals surface area contributed by atoms with Gasteiger partial charge in [0.25, 0.3) is 5.91 Å². The molecule has 1 aromatic rings. The van der Waals surface area contributed by atoms with Crippen molar-refractivity contribution in [3.05, 3.63) is 22.4 Å². The van der Waals surface area contributed by atoms with Gasteiger partial charge in [-0.2, -0.15) is 11.3 Å². The van der Waals surface area contributed by atoms with Crippen LogP contribution in [0.25, 0.3) is 0 Å². The van der Waals surface area contributed by atoms with E-state index in [1.807, 2.05) is 28.8 Å². The van der Waals surface area contributed by atoms with E-state index in [-0.39, 0.29) is 5.91 Å². The van der Waals surface area contributed by atoms with Crippen molar-refractivity contribution in [2.45, 2.75) is 18.9 Å². The molecule has 4 heteroatoms. The van der Waals surface area contributed by atoms with Crippen LogP contribution in [0.4, 0.5) is 0 Å². The average molecular weight is 224 g/mol. The molecule has 1 fully saturated rings. The Morgan fingerprint density at radius 2 is 2.53 bits per heavy atom. The zero-order valence-electron chi connectivity index (χ0n) is 8.90. The lowest BCUT2D eigenvalue weighted by Crippen LogP contribution is -2.46. The Kier molecular flexibility index (Phi) is 3.38. The molecular weight excluding hydrogens is 208 g/mol. The predicted octanol–water partition coefficient (Wildman–Crippen LogP) is 1.57. The van der Waals surface area contributed by atoms with E-state index in [0.29, 0.717) is 6.04 Å². The van der Waals surface area contributed by atoms with Crippen LogP contribution in [-0.4, -0.2) is 37.0 Å². The third-order valence-electron chi connectivity index (χ3n) is 2.88. The molecule has 0 saturated carbocycles. The predicted molar refractivity (Wildman–Crippen MR) is 62.3 cm³/mol. The first-order valence-corrected chi connectivity index (χ1v) is 6.24. The normalized spacial score (nSPS) is 21.7. The maximum Gasteiger partial charge on any atom is 0.254 e. The minimum Gasteiger partial charge on any atom is -0.337 e. The number of likely N-dealkylation sites (tertiary alicyclic amines) is 1. The van der Waals surface area contributed by atoms with E-state index in [9.17, 15) is 4.79 Å². The molecule has 0 aromatic carbocycles. The molecule has 0 unspecified atom stereocenters. The summed E-state index contributed by atoms with van der Waals surface area (Å²) >= 11 is 1.58. The van der Waals surface area contributed by atoms with Crippen molar-refractivity contribution in [2.24, 2.45) is 0 Å². The van der Waals surface area contributed by atoms with Gasteiger partial charge in [0.15, 0.2) is 0 Å². The van der Waals surface area contributed by atoms with Gasteiger partial charge in [-0.15, -0.1) is 0 Å². The first-order chi connectivity index (χ1) is 7.31. The second kappa shape index (κ2) is 4.77. The number of piperidine rings is 1. The second-order valence-corrected chi connectivity index (χ2v) is 4.67. The van der Waals surface area contributed by atoms with Crippen LogP contribution in [0.15, 0.2) is 16.8 Å². The number of hydrogen-bond acceptors (Lipinski definition) is 3. The van der Waals surface area contributed by atoms with E-state index in [4.69, 9.17) is 0 Å².